The number of nitrogens with two attached hydrogens (primary N) is 1. The summed E-state index contributed by atoms with van der Waals surface area (Å²) in [6.45, 7) is 3.65. The van der Waals surface area contributed by atoms with Crippen LogP contribution in [0, 0.1) is 0 Å². The number of hydrogen-bond donors (Lipinski definition) is 1. The summed E-state index contributed by atoms with van der Waals surface area (Å²) in [5.74, 6) is 0. The molecule has 0 fully saturated rings. The highest BCUT2D eigenvalue weighted by molar-refractivity contribution is 5.70. The molecule has 1 heteroatoms. The summed E-state index contributed by atoms with van der Waals surface area (Å²) >= 11 is 0. The molecule has 0 unspecified atom stereocenters. The lowest BCUT2D eigenvalue weighted by atomic mass is 9.96. The van der Waals surface area contributed by atoms with E-state index in [1.165, 1.54) is 11.1 Å². The van der Waals surface area contributed by atoms with Gasteiger partial charge in [-0.2, -0.15) is 0 Å². The van der Waals surface area contributed by atoms with Gasteiger partial charge >= 0.3 is 0 Å². The zero-order valence-electron chi connectivity index (χ0n) is 9.89. The van der Waals surface area contributed by atoms with Crippen molar-refractivity contribution < 1.29 is 0 Å². The Hall–Kier alpha value is -2.02. The van der Waals surface area contributed by atoms with Crippen LogP contribution >= 0.6 is 0 Å². The van der Waals surface area contributed by atoms with Crippen molar-refractivity contribution in [3.8, 4) is 0 Å². The van der Waals surface area contributed by atoms with Crippen LogP contribution < -0.4 is 5.73 Å². The molecular formula is C16H17N. The van der Waals surface area contributed by atoms with Crippen molar-refractivity contribution in [1.82, 2.24) is 0 Å². The summed E-state index contributed by atoms with van der Waals surface area (Å²) in [4.78, 5) is 0. The lowest BCUT2D eigenvalue weighted by molar-refractivity contribution is 1.05. The van der Waals surface area contributed by atoms with Crippen molar-refractivity contribution in [3.63, 3.8) is 0 Å². The molecule has 0 bridgehead atoms. The van der Waals surface area contributed by atoms with Gasteiger partial charge in [0.15, 0.2) is 0 Å². The van der Waals surface area contributed by atoms with Crippen LogP contribution in [-0.2, 0) is 0 Å². The third kappa shape index (κ3) is 3.22. The molecule has 1 aliphatic carbocycles. The van der Waals surface area contributed by atoms with Gasteiger partial charge < -0.3 is 5.73 Å². The molecule has 0 saturated heterocycles. The zero-order valence-corrected chi connectivity index (χ0v) is 9.89. The van der Waals surface area contributed by atoms with E-state index >= 15 is 0 Å². The number of hydrogen-bond acceptors (Lipinski definition) is 1. The molecule has 0 aliphatic heterocycles. The third-order valence-electron chi connectivity index (χ3n) is 2.76. The second-order valence-electron chi connectivity index (χ2n) is 4.19. The van der Waals surface area contributed by atoms with E-state index in [4.69, 9.17) is 5.73 Å². The molecule has 0 radical (unpaired) electrons. The van der Waals surface area contributed by atoms with Gasteiger partial charge in [-0.05, 0) is 41.7 Å². The molecule has 0 heterocycles. The monoisotopic (exact) mass is 223 g/mol. The summed E-state index contributed by atoms with van der Waals surface area (Å²) in [6, 6.07) is 8.49. The molecular weight excluding hydrogens is 206 g/mol. The van der Waals surface area contributed by atoms with Crippen LogP contribution in [0.25, 0.3) is 11.6 Å². The van der Waals surface area contributed by atoms with E-state index in [0.717, 1.165) is 18.4 Å². The maximum Gasteiger partial charge on any atom is 0.0241 e. The van der Waals surface area contributed by atoms with Crippen LogP contribution in [-0.4, -0.2) is 0 Å². The van der Waals surface area contributed by atoms with Crippen molar-refractivity contribution in [2.24, 2.45) is 5.73 Å². The normalized spacial score (nSPS) is 14.9. The van der Waals surface area contributed by atoms with Crippen molar-refractivity contribution in [1.29, 1.82) is 0 Å². The molecule has 1 aliphatic rings. The first-order valence-corrected chi connectivity index (χ1v) is 5.84. The van der Waals surface area contributed by atoms with Gasteiger partial charge in [0.05, 0.1) is 0 Å². The predicted octanol–water partition coefficient (Wildman–Crippen LogP) is 3.91. The maximum absolute atomic E-state index is 5.52. The van der Waals surface area contributed by atoms with Crippen LogP contribution in [0.15, 0.2) is 60.8 Å². The lowest BCUT2D eigenvalue weighted by Gasteiger charge is -2.09. The van der Waals surface area contributed by atoms with Gasteiger partial charge in [-0.3, -0.25) is 0 Å². The van der Waals surface area contributed by atoms with Crippen molar-refractivity contribution >= 4 is 11.6 Å². The fourth-order valence-corrected chi connectivity index (χ4v) is 1.89. The van der Waals surface area contributed by atoms with Crippen molar-refractivity contribution in [2.75, 3.05) is 0 Å². The number of benzene rings is 1. The minimum atomic E-state index is 0.579. The Morgan fingerprint density at radius 3 is 2.94 bits per heavy atom. The molecule has 0 aromatic heterocycles. The molecule has 17 heavy (non-hydrogen) atoms. The maximum atomic E-state index is 5.52. The summed E-state index contributed by atoms with van der Waals surface area (Å²) in [5, 5.41) is 0. The molecule has 0 spiro atoms. The van der Waals surface area contributed by atoms with Crippen LogP contribution in [0.3, 0.4) is 0 Å². The Labute approximate surface area is 103 Å². The molecule has 0 saturated carbocycles. The zero-order chi connectivity index (χ0) is 12.1. The Morgan fingerprint density at radius 2 is 2.24 bits per heavy atom. The lowest BCUT2D eigenvalue weighted by Crippen LogP contribution is -1.90. The van der Waals surface area contributed by atoms with Crippen molar-refractivity contribution in [3.05, 3.63) is 72.0 Å². The van der Waals surface area contributed by atoms with Gasteiger partial charge in [-0.15, -0.1) is 0 Å². The largest absolute Gasteiger partial charge is 0.399 e. The second-order valence-corrected chi connectivity index (χ2v) is 4.19. The van der Waals surface area contributed by atoms with Crippen molar-refractivity contribution in [2.45, 2.75) is 12.8 Å². The molecule has 2 N–H and O–H groups in total. The number of allylic oxidation sites excluding steroid dienone is 5. The molecule has 1 aromatic rings. The highest BCUT2D eigenvalue weighted by Gasteiger charge is 2.02. The van der Waals surface area contributed by atoms with Crippen LogP contribution in [0.1, 0.15) is 24.0 Å². The first-order chi connectivity index (χ1) is 8.25. The molecule has 1 nitrogen and oxygen atoms in total. The Bertz CT molecular complexity index is 504. The quantitative estimate of drug-likeness (QED) is 0.772. The minimum absolute atomic E-state index is 0.579. The van der Waals surface area contributed by atoms with E-state index in [1.54, 1.807) is 0 Å². The van der Waals surface area contributed by atoms with E-state index < -0.39 is 0 Å². The van der Waals surface area contributed by atoms with E-state index in [9.17, 15) is 0 Å². The van der Waals surface area contributed by atoms with Crippen LogP contribution in [0.4, 0.5) is 0 Å². The van der Waals surface area contributed by atoms with Gasteiger partial charge in [0.1, 0.15) is 0 Å². The second kappa shape index (κ2) is 5.35. The Morgan fingerprint density at radius 1 is 1.35 bits per heavy atom. The number of rotatable bonds is 3. The Kier molecular flexibility index (Phi) is 3.61. The Balaban J connectivity index is 2.25. The molecule has 0 atom stereocenters. The van der Waals surface area contributed by atoms with E-state index in [2.05, 4.69) is 49.1 Å². The third-order valence-corrected chi connectivity index (χ3v) is 2.76. The first kappa shape index (κ1) is 11.5. The highest BCUT2D eigenvalue weighted by Crippen LogP contribution is 2.24. The smallest absolute Gasteiger partial charge is 0.0241 e. The summed E-state index contributed by atoms with van der Waals surface area (Å²) in [7, 11) is 0. The molecule has 0 amide bonds. The van der Waals surface area contributed by atoms with Crippen LogP contribution in [0.2, 0.25) is 0 Å². The topological polar surface area (TPSA) is 26.0 Å². The highest BCUT2D eigenvalue weighted by atomic mass is 14.5. The van der Waals surface area contributed by atoms with E-state index in [-0.39, 0.29) is 0 Å². The van der Waals surface area contributed by atoms with Gasteiger partial charge in [0.2, 0.25) is 0 Å². The SMILES string of the molecule is C=C(N)/C=C/c1cccc(C2=CC=CCC2)c1. The summed E-state index contributed by atoms with van der Waals surface area (Å²) < 4.78 is 0. The molecule has 2 rings (SSSR count). The van der Waals surface area contributed by atoms with Gasteiger partial charge in [-0.25, -0.2) is 0 Å². The average molecular weight is 223 g/mol. The fourth-order valence-electron chi connectivity index (χ4n) is 1.89. The van der Waals surface area contributed by atoms with Gasteiger partial charge in [-0.1, -0.05) is 49.1 Å². The van der Waals surface area contributed by atoms with Gasteiger partial charge in [0.25, 0.3) is 0 Å². The predicted molar refractivity (Wildman–Crippen MR) is 75.2 cm³/mol. The average Bonchev–Trinajstić information content (AvgIpc) is 2.38. The minimum Gasteiger partial charge on any atom is -0.399 e. The molecule has 1 aromatic carbocycles. The molecule has 86 valence electrons. The van der Waals surface area contributed by atoms with Gasteiger partial charge in [0, 0.05) is 5.70 Å². The standard InChI is InChI=1S/C16H17N/c1-13(17)10-11-14-6-5-9-16(12-14)15-7-3-2-4-8-15/h2-3,5-7,9-12H,1,4,8,17H2/b11-10+. The fraction of sp³-hybridized carbons (Fsp3) is 0.125. The summed E-state index contributed by atoms with van der Waals surface area (Å²) in [6.07, 6.45) is 12.6. The first-order valence-electron chi connectivity index (χ1n) is 5.84. The van der Waals surface area contributed by atoms with Crippen LogP contribution in [0.5, 0.6) is 0 Å². The van der Waals surface area contributed by atoms with E-state index in [0.29, 0.717) is 5.70 Å². The van der Waals surface area contributed by atoms with E-state index in [1.807, 2.05) is 12.2 Å². The summed E-state index contributed by atoms with van der Waals surface area (Å²) in [5.41, 5.74) is 9.94.